The number of nitrogens with two attached hydrogens (primary N) is 1. The third kappa shape index (κ3) is 3.07. The molecule has 1 aromatic rings. The van der Waals surface area contributed by atoms with E-state index in [1.165, 1.54) is 18.4 Å². The van der Waals surface area contributed by atoms with Gasteiger partial charge in [-0.2, -0.15) is 0 Å². The van der Waals surface area contributed by atoms with E-state index in [2.05, 4.69) is 41.0 Å². The van der Waals surface area contributed by atoms with E-state index in [0.29, 0.717) is 18.6 Å². The van der Waals surface area contributed by atoms with Crippen molar-refractivity contribution in [3.05, 3.63) is 30.1 Å². The summed E-state index contributed by atoms with van der Waals surface area (Å²) < 4.78 is 0. The third-order valence-electron chi connectivity index (χ3n) is 3.91. The highest BCUT2D eigenvalue weighted by atomic mass is 15.2. The van der Waals surface area contributed by atoms with Gasteiger partial charge in [0, 0.05) is 37.6 Å². The number of hydrogen-bond donors (Lipinski definition) is 1. The number of aromatic nitrogens is 1. The van der Waals surface area contributed by atoms with Crippen molar-refractivity contribution in [3.8, 4) is 0 Å². The van der Waals surface area contributed by atoms with Crippen molar-refractivity contribution in [2.24, 2.45) is 5.73 Å². The first-order valence-corrected chi connectivity index (χ1v) is 6.73. The topological polar surface area (TPSA) is 45.4 Å². The fourth-order valence-corrected chi connectivity index (χ4v) is 2.77. The minimum atomic E-state index is 0.329. The maximum absolute atomic E-state index is 5.98. The van der Waals surface area contributed by atoms with Crippen molar-refractivity contribution in [1.82, 2.24) is 14.8 Å². The molecule has 1 aromatic heterocycles. The Morgan fingerprint density at radius 1 is 1.44 bits per heavy atom. The van der Waals surface area contributed by atoms with E-state index < -0.39 is 0 Å². The van der Waals surface area contributed by atoms with Crippen LogP contribution in [0.2, 0.25) is 0 Å². The molecule has 0 aromatic carbocycles. The molecule has 2 atom stereocenters. The maximum atomic E-state index is 5.98. The lowest BCUT2D eigenvalue weighted by molar-refractivity contribution is 0.0984. The highest BCUT2D eigenvalue weighted by Gasteiger charge is 2.26. The normalized spacial score (nSPS) is 23.2. The molecule has 4 heteroatoms. The average molecular weight is 248 g/mol. The summed E-state index contributed by atoms with van der Waals surface area (Å²) in [5, 5.41) is 0. The molecular weight excluding hydrogens is 224 g/mol. The number of likely N-dealkylation sites (tertiary alicyclic amines) is 1. The molecule has 1 aliphatic rings. The Hall–Kier alpha value is -0.970. The molecule has 0 aliphatic carbocycles. The lowest BCUT2D eigenvalue weighted by Crippen LogP contribution is -2.47. The maximum Gasteiger partial charge on any atom is 0.0472 e. The fourth-order valence-electron chi connectivity index (χ4n) is 2.77. The van der Waals surface area contributed by atoms with E-state index in [-0.39, 0.29) is 0 Å². The second-order valence-electron chi connectivity index (χ2n) is 5.29. The van der Waals surface area contributed by atoms with Gasteiger partial charge in [-0.3, -0.25) is 9.88 Å². The standard InChI is InChI=1S/C14H24N4/c1-17(2)13-4-3-9-18(11-13)14(10-15)12-5-7-16-8-6-12/h5-8,13-14H,3-4,9-11,15H2,1-2H3. The van der Waals surface area contributed by atoms with Gasteiger partial charge >= 0.3 is 0 Å². The zero-order valence-electron chi connectivity index (χ0n) is 11.4. The summed E-state index contributed by atoms with van der Waals surface area (Å²) in [7, 11) is 4.33. The number of pyridine rings is 1. The zero-order chi connectivity index (χ0) is 13.0. The third-order valence-corrected chi connectivity index (χ3v) is 3.91. The van der Waals surface area contributed by atoms with Gasteiger partial charge in [-0.25, -0.2) is 0 Å². The largest absolute Gasteiger partial charge is 0.329 e. The predicted molar refractivity (Wildman–Crippen MR) is 74.3 cm³/mol. The van der Waals surface area contributed by atoms with E-state index >= 15 is 0 Å². The molecule has 2 heterocycles. The lowest BCUT2D eigenvalue weighted by Gasteiger charge is -2.40. The van der Waals surface area contributed by atoms with Gasteiger partial charge in [0.2, 0.25) is 0 Å². The molecule has 0 saturated carbocycles. The number of rotatable bonds is 4. The monoisotopic (exact) mass is 248 g/mol. The molecule has 100 valence electrons. The van der Waals surface area contributed by atoms with Crippen LogP contribution < -0.4 is 5.73 Å². The molecule has 1 fully saturated rings. The van der Waals surface area contributed by atoms with Crippen LogP contribution in [0, 0.1) is 0 Å². The van der Waals surface area contributed by atoms with E-state index in [1.807, 2.05) is 12.4 Å². The molecule has 2 unspecified atom stereocenters. The van der Waals surface area contributed by atoms with E-state index in [4.69, 9.17) is 5.73 Å². The fraction of sp³-hybridized carbons (Fsp3) is 0.643. The summed E-state index contributed by atoms with van der Waals surface area (Å²) in [4.78, 5) is 8.93. The van der Waals surface area contributed by atoms with Crippen LogP contribution in [0.15, 0.2) is 24.5 Å². The summed E-state index contributed by atoms with van der Waals surface area (Å²) in [5.74, 6) is 0. The first-order chi connectivity index (χ1) is 8.72. The summed E-state index contributed by atoms with van der Waals surface area (Å²) in [6, 6.07) is 5.14. The predicted octanol–water partition coefficient (Wildman–Crippen LogP) is 1.11. The molecule has 0 amide bonds. The Kier molecular flexibility index (Phi) is 4.69. The molecular formula is C14H24N4. The van der Waals surface area contributed by atoms with E-state index in [9.17, 15) is 0 Å². The van der Waals surface area contributed by atoms with Crippen LogP contribution in [0.4, 0.5) is 0 Å². The second-order valence-corrected chi connectivity index (χ2v) is 5.29. The number of nitrogens with zero attached hydrogens (tertiary/aromatic N) is 3. The minimum Gasteiger partial charge on any atom is -0.329 e. The van der Waals surface area contributed by atoms with E-state index in [1.54, 1.807) is 0 Å². The van der Waals surface area contributed by atoms with Gasteiger partial charge < -0.3 is 10.6 Å². The molecule has 2 N–H and O–H groups in total. The number of likely N-dealkylation sites (N-methyl/N-ethyl adjacent to an activating group) is 1. The smallest absolute Gasteiger partial charge is 0.0472 e. The molecule has 0 bridgehead atoms. The highest BCUT2D eigenvalue weighted by molar-refractivity contribution is 5.16. The van der Waals surface area contributed by atoms with Gasteiger partial charge in [0.15, 0.2) is 0 Å². The number of hydrogen-bond acceptors (Lipinski definition) is 4. The minimum absolute atomic E-state index is 0.329. The van der Waals surface area contributed by atoms with Crippen molar-refractivity contribution < 1.29 is 0 Å². The average Bonchev–Trinajstić information content (AvgIpc) is 2.41. The Bertz CT molecular complexity index is 352. The Morgan fingerprint density at radius 3 is 2.78 bits per heavy atom. The molecule has 1 saturated heterocycles. The summed E-state index contributed by atoms with van der Waals surface area (Å²) >= 11 is 0. The van der Waals surface area contributed by atoms with Gasteiger partial charge in [0.25, 0.3) is 0 Å². The van der Waals surface area contributed by atoms with Crippen molar-refractivity contribution in [1.29, 1.82) is 0 Å². The first kappa shape index (κ1) is 13.5. The van der Waals surface area contributed by atoms with Crippen LogP contribution in [0.3, 0.4) is 0 Å². The van der Waals surface area contributed by atoms with Crippen LogP contribution in [0.1, 0.15) is 24.4 Å². The highest BCUT2D eigenvalue weighted by Crippen LogP contribution is 2.24. The quantitative estimate of drug-likeness (QED) is 0.867. The van der Waals surface area contributed by atoms with Crippen LogP contribution in [0.25, 0.3) is 0 Å². The Balaban J connectivity index is 2.08. The summed E-state index contributed by atoms with van der Waals surface area (Å²) in [5.41, 5.74) is 7.27. The second kappa shape index (κ2) is 6.27. The molecule has 0 spiro atoms. The molecule has 4 nitrogen and oxygen atoms in total. The molecule has 1 aliphatic heterocycles. The zero-order valence-corrected chi connectivity index (χ0v) is 11.4. The van der Waals surface area contributed by atoms with Gasteiger partial charge in [-0.05, 0) is 51.2 Å². The molecule has 0 radical (unpaired) electrons. The van der Waals surface area contributed by atoms with Crippen molar-refractivity contribution in [2.75, 3.05) is 33.7 Å². The van der Waals surface area contributed by atoms with Crippen LogP contribution in [-0.2, 0) is 0 Å². The van der Waals surface area contributed by atoms with Gasteiger partial charge in [0.05, 0.1) is 0 Å². The Morgan fingerprint density at radius 2 is 2.17 bits per heavy atom. The Labute approximate surface area is 110 Å². The van der Waals surface area contributed by atoms with Crippen molar-refractivity contribution in [3.63, 3.8) is 0 Å². The van der Waals surface area contributed by atoms with Gasteiger partial charge in [-0.1, -0.05) is 0 Å². The van der Waals surface area contributed by atoms with Gasteiger partial charge in [0.1, 0.15) is 0 Å². The summed E-state index contributed by atoms with van der Waals surface area (Å²) in [6.45, 7) is 2.93. The first-order valence-electron chi connectivity index (χ1n) is 6.73. The number of piperidine rings is 1. The van der Waals surface area contributed by atoms with Crippen LogP contribution in [0.5, 0.6) is 0 Å². The van der Waals surface area contributed by atoms with Crippen molar-refractivity contribution in [2.45, 2.75) is 24.9 Å². The van der Waals surface area contributed by atoms with Crippen molar-refractivity contribution >= 4 is 0 Å². The lowest BCUT2D eigenvalue weighted by atomic mass is 9.99. The van der Waals surface area contributed by atoms with Crippen LogP contribution >= 0.6 is 0 Å². The van der Waals surface area contributed by atoms with E-state index in [0.717, 1.165) is 13.1 Å². The SMILES string of the molecule is CN(C)C1CCCN(C(CN)c2ccncc2)C1. The van der Waals surface area contributed by atoms with Crippen LogP contribution in [-0.4, -0.2) is 54.6 Å². The molecule has 18 heavy (non-hydrogen) atoms. The van der Waals surface area contributed by atoms with Gasteiger partial charge in [-0.15, -0.1) is 0 Å². The molecule has 2 rings (SSSR count). The summed E-state index contributed by atoms with van der Waals surface area (Å²) in [6.07, 6.45) is 6.25.